The van der Waals surface area contributed by atoms with Crippen molar-refractivity contribution in [2.45, 2.75) is 6.42 Å². The number of nitrogens with one attached hydrogen (secondary N) is 2. The predicted molar refractivity (Wildman–Crippen MR) is 75.7 cm³/mol. The molecule has 20 heavy (non-hydrogen) atoms. The molecule has 0 aliphatic carbocycles. The number of fused-ring (bicyclic) bond motifs is 1. The van der Waals surface area contributed by atoms with E-state index in [1.807, 2.05) is 24.3 Å². The Kier molecular flexibility index (Phi) is 3.19. The summed E-state index contributed by atoms with van der Waals surface area (Å²) in [5.41, 5.74) is 2.39. The Bertz CT molecular complexity index is 787. The summed E-state index contributed by atoms with van der Waals surface area (Å²) in [4.78, 5) is 8.20. The van der Waals surface area contributed by atoms with Crippen LogP contribution in [0, 0.1) is 11.3 Å². The van der Waals surface area contributed by atoms with Gasteiger partial charge >= 0.3 is 0 Å². The van der Waals surface area contributed by atoms with E-state index in [-0.39, 0.29) is 5.28 Å². The minimum atomic E-state index is 0.144. The lowest BCUT2D eigenvalue weighted by molar-refractivity contribution is 1.09. The quantitative estimate of drug-likeness (QED) is 0.722. The van der Waals surface area contributed by atoms with Crippen molar-refractivity contribution < 1.29 is 0 Å². The Balaban J connectivity index is 1.93. The normalized spacial score (nSPS) is 10.4. The van der Waals surface area contributed by atoms with Gasteiger partial charge in [-0.2, -0.15) is 20.3 Å². The molecule has 7 heteroatoms. The first-order valence-corrected chi connectivity index (χ1v) is 6.23. The number of hydrogen-bond donors (Lipinski definition) is 2. The largest absolute Gasteiger partial charge is 0.339 e. The fraction of sp³-hybridized carbons (Fsp3) is 0.0769. The molecule has 0 spiro atoms. The van der Waals surface area contributed by atoms with Crippen LogP contribution in [0.1, 0.15) is 5.56 Å². The van der Waals surface area contributed by atoms with E-state index in [4.69, 9.17) is 16.9 Å². The van der Waals surface area contributed by atoms with Gasteiger partial charge in [0.25, 0.3) is 0 Å². The number of aromatic nitrogens is 4. The Morgan fingerprint density at radius 1 is 1.25 bits per heavy atom. The van der Waals surface area contributed by atoms with E-state index in [2.05, 4.69) is 31.6 Å². The van der Waals surface area contributed by atoms with Gasteiger partial charge in [-0.05, 0) is 29.3 Å². The first-order valence-electron chi connectivity index (χ1n) is 5.86. The van der Waals surface area contributed by atoms with Crippen molar-refractivity contribution in [1.29, 1.82) is 5.26 Å². The third-order valence-corrected chi connectivity index (χ3v) is 2.95. The number of nitrogens with zero attached hydrogens (tertiary/aromatic N) is 4. The molecule has 2 aromatic heterocycles. The average molecular weight is 285 g/mol. The van der Waals surface area contributed by atoms with E-state index in [0.717, 1.165) is 16.6 Å². The number of benzene rings is 1. The van der Waals surface area contributed by atoms with Gasteiger partial charge in [-0.3, -0.25) is 5.10 Å². The lowest BCUT2D eigenvalue weighted by Gasteiger charge is -2.07. The number of anilines is 2. The molecule has 1 aromatic carbocycles. The molecule has 0 saturated heterocycles. The molecule has 0 saturated carbocycles. The topological polar surface area (TPSA) is 90.3 Å². The lowest BCUT2D eigenvalue weighted by atomic mass is 10.1. The summed E-state index contributed by atoms with van der Waals surface area (Å²) >= 11 is 5.87. The SMILES string of the molecule is N#CCc1ccc(Nc2nc(Cl)nc3[nH]ncc23)cc1. The highest BCUT2D eigenvalue weighted by Crippen LogP contribution is 2.23. The highest BCUT2D eigenvalue weighted by Gasteiger charge is 2.08. The fourth-order valence-electron chi connectivity index (χ4n) is 1.84. The van der Waals surface area contributed by atoms with Crippen LogP contribution in [0.3, 0.4) is 0 Å². The van der Waals surface area contributed by atoms with Crippen molar-refractivity contribution in [3.63, 3.8) is 0 Å². The van der Waals surface area contributed by atoms with Gasteiger partial charge in [0, 0.05) is 5.69 Å². The summed E-state index contributed by atoms with van der Waals surface area (Å²) in [6, 6.07) is 9.66. The molecule has 0 atom stereocenters. The van der Waals surface area contributed by atoms with Crippen LogP contribution < -0.4 is 5.32 Å². The van der Waals surface area contributed by atoms with Gasteiger partial charge in [-0.1, -0.05) is 12.1 Å². The number of halogens is 1. The van der Waals surface area contributed by atoms with E-state index in [1.165, 1.54) is 0 Å². The van der Waals surface area contributed by atoms with E-state index in [9.17, 15) is 0 Å². The van der Waals surface area contributed by atoms with Gasteiger partial charge in [0.1, 0.15) is 5.82 Å². The molecule has 0 aliphatic rings. The molecule has 0 fully saturated rings. The molecule has 0 radical (unpaired) electrons. The van der Waals surface area contributed by atoms with Gasteiger partial charge in [-0.15, -0.1) is 0 Å². The first-order chi connectivity index (χ1) is 9.76. The van der Waals surface area contributed by atoms with Crippen LogP contribution >= 0.6 is 11.6 Å². The van der Waals surface area contributed by atoms with Gasteiger partial charge in [0.15, 0.2) is 5.65 Å². The minimum absolute atomic E-state index is 0.144. The second-order valence-electron chi connectivity index (χ2n) is 4.13. The van der Waals surface area contributed by atoms with Crippen LogP contribution in [-0.4, -0.2) is 20.2 Å². The monoisotopic (exact) mass is 284 g/mol. The number of nitriles is 1. The molecule has 2 heterocycles. The maximum absolute atomic E-state index is 8.64. The van der Waals surface area contributed by atoms with Crippen LogP contribution in [0.25, 0.3) is 11.0 Å². The Labute approximate surface area is 119 Å². The standard InChI is InChI=1S/C13H9ClN6/c14-13-18-11(10-7-16-20-12(10)19-13)17-9-3-1-8(2-4-9)5-6-15/h1-4,7H,5H2,(H2,16,17,18,19,20). The molecule has 2 N–H and O–H groups in total. The summed E-state index contributed by atoms with van der Waals surface area (Å²) in [7, 11) is 0. The smallest absolute Gasteiger partial charge is 0.226 e. The lowest BCUT2D eigenvalue weighted by Crippen LogP contribution is -1.96. The second kappa shape index (κ2) is 5.15. The third kappa shape index (κ3) is 2.39. The van der Waals surface area contributed by atoms with Crippen molar-refractivity contribution >= 4 is 34.1 Å². The third-order valence-electron chi connectivity index (χ3n) is 2.78. The molecular weight excluding hydrogens is 276 g/mol. The molecule has 98 valence electrons. The van der Waals surface area contributed by atoms with Gasteiger partial charge in [-0.25, -0.2) is 0 Å². The molecule has 0 unspecified atom stereocenters. The highest BCUT2D eigenvalue weighted by atomic mass is 35.5. The second-order valence-corrected chi connectivity index (χ2v) is 4.47. The predicted octanol–water partition coefficient (Wildman–Crippen LogP) is 2.82. The maximum atomic E-state index is 8.64. The minimum Gasteiger partial charge on any atom is -0.339 e. The van der Waals surface area contributed by atoms with Gasteiger partial charge in [0.05, 0.1) is 24.1 Å². The molecule has 0 bridgehead atoms. The maximum Gasteiger partial charge on any atom is 0.226 e. The molecule has 3 rings (SSSR count). The van der Waals surface area contributed by atoms with Crippen molar-refractivity contribution in [3.8, 4) is 6.07 Å². The Morgan fingerprint density at radius 2 is 2.05 bits per heavy atom. The van der Waals surface area contributed by atoms with Crippen molar-refractivity contribution in [2.24, 2.45) is 0 Å². The van der Waals surface area contributed by atoms with E-state index < -0.39 is 0 Å². The van der Waals surface area contributed by atoms with Gasteiger partial charge in [0.2, 0.25) is 5.28 Å². The van der Waals surface area contributed by atoms with E-state index in [1.54, 1.807) is 6.20 Å². The van der Waals surface area contributed by atoms with Crippen molar-refractivity contribution in [1.82, 2.24) is 20.2 Å². The highest BCUT2D eigenvalue weighted by molar-refractivity contribution is 6.28. The van der Waals surface area contributed by atoms with Crippen molar-refractivity contribution in [2.75, 3.05) is 5.32 Å². The number of rotatable bonds is 3. The zero-order chi connectivity index (χ0) is 13.9. The van der Waals surface area contributed by atoms with Crippen LogP contribution in [0.15, 0.2) is 30.5 Å². The molecular formula is C13H9ClN6. The zero-order valence-electron chi connectivity index (χ0n) is 10.3. The Hall–Kier alpha value is -2.65. The van der Waals surface area contributed by atoms with E-state index in [0.29, 0.717) is 17.9 Å². The number of hydrogen-bond acceptors (Lipinski definition) is 5. The van der Waals surface area contributed by atoms with Crippen LogP contribution in [0.4, 0.5) is 11.5 Å². The van der Waals surface area contributed by atoms with Crippen LogP contribution in [-0.2, 0) is 6.42 Å². The Morgan fingerprint density at radius 3 is 2.80 bits per heavy atom. The average Bonchev–Trinajstić information content (AvgIpc) is 2.89. The van der Waals surface area contributed by atoms with E-state index >= 15 is 0 Å². The molecule has 6 nitrogen and oxygen atoms in total. The summed E-state index contributed by atoms with van der Waals surface area (Å²) in [5.74, 6) is 0.585. The summed E-state index contributed by atoms with van der Waals surface area (Å²) < 4.78 is 0. The van der Waals surface area contributed by atoms with Crippen molar-refractivity contribution in [3.05, 3.63) is 41.3 Å². The van der Waals surface area contributed by atoms with Crippen LogP contribution in [0.5, 0.6) is 0 Å². The molecule has 3 aromatic rings. The first kappa shape index (κ1) is 12.4. The fourth-order valence-corrected chi connectivity index (χ4v) is 2.01. The molecule has 0 aliphatic heterocycles. The summed E-state index contributed by atoms with van der Waals surface area (Å²) in [6.07, 6.45) is 2.03. The summed E-state index contributed by atoms with van der Waals surface area (Å²) in [6.45, 7) is 0. The van der Waals surface area contributed by atoms with Gasteiger partial charge < -0.3 is 5.32 Å². The number of aromatic amines is 1. The zero-order valence-corrected chi connectivity index (χ0v) is 11.0. The van der Waals surface area contributed by atoms with Crippen LogP contribution in [0.2, 0.25) is 5.28 Å². The molecule has 0 amide bonds. The number of H-pyrrole nitrogens is 1. The summed E-state index contributed by atoms with van der Waals surface area (Å²) in [5, 5.41) is 19.4.